The summed E-state index contributed by atoms with van der Waals surface area (Å²) in [5, 5.41) is 15.5. The molecule has 1 aliphatic heterocycles. The number of carbonyl (C=O) groups excluding carboxylic acids is 1. The van der Waals surface area contributed by atoms with Crippen LogP contribution in [0, 0.1) is 11.3 Å². The van der Waals surface area contributed by atoms with Gasteiger partial charge in [-0.25, -0.2) is 4.98 Å². The summed E-state index contributed by atoms with van der Waals surface area (Å²) in [7, 11) is 0. The summed E-state index contributed by atoms with van der Waals surface area (Å²) in [5.41, 5.74) is 3.04. The average Bonchev–Trinajstić information content (AvgIpc) is 3.23. The second-order valence-electron chi connectivity index (χ2n) is 5.67. The van der Waals surface area contributed by atoms with Crippen molar-refractivity contribution in [2.75, 3.05) is 5.32 Å². The summed E-state index contributed by atoms with van der Waals surface area (Å²) in [6, 6.07) is 13.0. The molecule has 4 rings (SSSR count). The van der Waals surface area contributed by atoms with Gasteiger partial charge in [-0.1, -0.05) is 51.3 Å². The molecule has 0 saturated heterocycles. The van der Waals surface area contributed by atoms with Crippen LogP contribution in [0.5, 0.6) is 0 Å². The molecule has 27 heavy (non-hydrogen) atoms. The van der Waals surface area contributed by atoms with Gasteiger partial charge < -0.3 is 5.32 Å². The van der Waals surface area contributed by atoms with Crippen LogP contribution in [-0.2, 0) is 4.79 Å². The van der Waals surface area contributed by atoms with E-state index in [1.165, 1.54) is 11.3 Å². The lowest BCUT2D eigenvalue weighted by Crippen LogP contribution is -2.05. The fourth-order valence-corrected chi connectivity index (χ4v) is 4.43. The minimum Gasteiger partial charge on any atom is -0.320 e. The second kappa shape index (κ2) is 7.10. The number of fused-ring (bicyclic) bond motifs is 1. The largest absolute Gasteiger partial charge is 0.320 e. The lowest BCUT2D eigenvalue weighted by atomic mass is 10.0. The normalized spacial score (nSPS) is 14.5. The predicted octanol–water partition coefficient (Wildman–Crippen LogP) is 6.27. The van der Waals surface area contributed by atoms with Gasteiger partial charge in [-0.05, 0) is 24.3 Å². The maximum absolute atomic E-state index is 12.5. The summed E-state index contributed by atoms with van der Waals surface area (Å²) < 4.78 is 0.967. The highest BCUT2D eigenvalue weighted by Gasteiger charge is 2.31. The van der Waals surface area contributed by atoms with E-state index in [1.54, 1.807) is 12.1 Å². The molecule has 4 nitrogen and oxygen atoms in total. The molecule has 0 unspecified atom stereocenters. The molecule has 0 aliphatic carbocycles. The highest BCUT2D eigenvalue weighted by Crippen LogP contribution is 2.43. The first-order valence-electron chi connectivity index (χ1n) is 7.65. The molecule has 0 atom stereocenters. The van der Waals surface area contributed by atoms with Gasteiger partial charge in [-0.3, -0.25) is 4.79 Å². The molecule has 0 fully saturated rings. The molecule has 0 radical (unpaired) electrons. The first-order chi connectivity index (χ1) is 13.0. The summed E-state index contributed by atoms with van der Waals surface area (Å²) in [6.45, 7) is 0. The van der Waals surface area contributed by atoms with Crippen LogP contribution >= 0.6 is 50.5 Å². The summed E-state index contributed by atoms with van der Waals surface area (Å²) in [5.74, 6) is -0.397. The molecule has 132 valence electrons. The Balaban J connectivity index is 1.86. The predicted molar refractivity (Wildman–Crippen MR) is 113 cm³/mol. The van der Waals surface area contributed by atoms with E-state index < -0.39 is 5.91 Å². The molecular weight excluding hydrogens is 469 g/mol. The standard InChI is InChI=1S/C19H8BrCl2N3OS/c20-10-3-1-9(2-4-10)15-8-27-19(24-15)13(7-23)16-12-5-11(21)6-14(22)17(12)25-18(16)26/h1-6,8H,(H,25,26). The zero-order valence-corrected chi connectivity index (χ0v) is 17.3. The number of nitrogens with one attached hydrogen (secondary N) is 1. The Labute approximate surface area is 177 Å². The third kappa shape index (κ3) is 3.28. The number of allylic oxidation sites excluding steroid dienone is 1. The number of nitriles is 1. The van der Waals surface area contributed by atoms with Crippen LogP contribution in [-0.4, -0.2) is 10.9 Å². The van der Waals surface area contributed by atoms with Crippen LogP contribution in [0.1, 0.15) is 10.6 Å². The van der Waals surface area contributed by atoms with E-state index in [1.807, 2.05) is 29.6 Å². The van der Waals surface area contributed by atoms with Crippen molar-refractivity contribution in [1.29, 1.82) is 5.26 Å². The van der Waals surface area contributed by atoms with Crippen LogP contribution in [0.3, 0.4) is 0 Å². The van der Waals surface area contributed by atoms with Gasteiger partial charge in [0, 0.05) is 26.0 Å². The summed E-state index contributed by atoms with van der Waals surface area (Å²) in [6.07, 6.45) is 0. The van der Waals surface area contributed by atoms with Crippen molar-refractivity contribution in [2.45, 2.75) is 0 Å². The minimum absolute atomic E-state index is 0.193. The SMILES string of the molecule is N#CC(=C1C(=O)Nc2c(Cl)cc(Cl)cc21)c1nc(-c2ccc(Br)cc2)cs1. The van der Waals surface area contributed by atoms with E-state index in [4.69, 9.17) is 23.2 Å². The second-order valence-corrected chi connectivity index (χ2v) is 8.29. The molecule has 0 spiro atoms. The van der Waals surface area contributed by atoms with Gasteiger partial charge in [-0.15, -0.1) is 11.3 Å². The number of rotatable bonds is 2. The Morgan fingerprint density at radius 2 is 1.96 bits per heavy atom. The molecule has 3 aromatic rings. The number of hydrogen-bond donors (Lipinski definition) is 1. The number of halogens is 3. The third-order valence-electron chi connectivity index (χ3n) is 4.01. The van der Waals surface area contributed by atoms with E-state index in [9.17, 15) is 10.1 Å². The monoisotopic (exact) mass is 475 g/mol. The van der Waals surface area contributed by atoms with Crippen LogP contribution in [0.25, 0.3) is 22.4 Å². The van der Waals surface area contributed by atoms with E-state index >= 15 is 0 Å². The number of carbonyl (C=O) groups is 1. The fourth-order valence-electron chi connectivity index (χ4n) is 2.80. The summed E-state index contributed by atoms with van der Waals surface area (Å²) in [4.78, 5) is 17.1. The molecule has 2 heterocycles. The Morgan fingerprint density at radius 3 is 2.67 bits per heavy atom. The van der Waals surface area contributed by atoms with E-state index in [2.05, 4.69) is 32.3 Å². The zero-order valence-electron chi connectivity index (χ0n) is 13.4. The van der Waals surface area contributed by atoms with Crippen molar-refractivity contribution in [3.8, 4) is 17.3 Å². The number of thiazole rings is 1. The molecule has 1 N–H and O–H groups in total. The van der Waals surface area contributed by atoms with Gasteiger partial charge in [0.25, 0.3) is 5.91 Å². The molecule has 0 bridgehead atoms. The van der Waals surface area contributed by atoms with Gasteiger partial charge in [0.2, 0.25) is 0 Å². The van der Waals surface area contributed by atoms with Gasteiger partial charge in [0.15, 0.2) is 0 Å². The molecule has 8 heteroatoms. The average molecular weight is 477 g/mol. The number of benzene rings is 2. The highest BCUT2D eigenvalue weighted by molar-refractivity contribution is 9.10. The van der Waals surface area contributed by atoms with Crippen LogP contribution in [0.4, 0.5) is 5.69 Å². The van der Waals surface area contributed by atoms with E-state index in [0.717, 1.165) is 15.7 Å². The van der Waals surface area contributed by atoms with Crippen LogP contribution in [0.2, 0.25) is 10.0 Å². The Kier molecular flexibility index (Phi) is 4.79. The Morgan fingerprint density at radius 1 is 1.22 bits per heavy atom. The van der Waals surface area contributed by atoms with E-state index in [0.29, 0.717) is 26.3 Å². The van der Waals surface area contributed by atoms with Gasteiger partial charge >= 0.3 is 0 Å². The number of nitrogens with zero attached hydrogens (tertiary/aromatic N) is 2. The maximum Gasteiger partial charge on any atom is 0.257 e. The van der Waals surface area contributed by atoms with Crippen molar-refractivity contribution < 1.29 is 4.79 Å². The van der Waals surface area contributed by atoms with Crippen LogP contribution < -0.4 is 5.32 Å². The molecule has 2 aromatic carbocycles. The van der Waals surface area contributed by atoms with Crippen molar-refractivity contribution >= 4 is 73.2 Å². The Hall–Kier alpha value is -2.17. The Bertz CT molecular complexity index is 1160. The number of anilines is 1. The minimum atomic E-state index is -0.397. The quantitative estimate of drug-likeness (QED) is 0.350. The molecular formula is C19H8BrCl2N3OS. The molecule has 1 aliphatic rings. The van der Waals surface area contributed by atoms with Crippen molar-refractivity contribution in [1.82, 2.24) is 4.98 Å². The number of amides is 1. The van der Waals surface area contributed by atoms with Crippen molar-refractivity contribution in [3.63, 3.8) is 0 Å². The number of aromatic nitrogens is 1. The molecule has 1 amide bonds. The first kappa shape index (κ1) is 18.2. The van der Waals surface area contributed by atoms with Crippen LogP contribution in [0.15, 0.2) is 46.3 Å². The van der Waals surface area contributed by atoms with E-state index in [-0.39, 0.29) is 11.1 Å². The first-order valence-corrected chi connectivity index (χ1v) is 10.1. The molecule has 1 aromatic heterocycles. The maximum atomic E-state index is 12.5. The summed E-state index contributed by atoms with van der Waals surface area (Å²) >= 11 is 17.0. The molecule has 0 saturated carbocycles. The highest BCUT2D eigenvalue weighted by atomic mass is 79.9. The third-order valence-corrected chi connectivity index (χ3v) is 5.91. The fraction of sp³-hybridized carbons (Fsp3) is 0. The van der Waals surface area contributed by atoms with Gasteiger partial charge in [0.05, 0.1) is 22.0 Å². The van der Waals surface area contributed by atoms with Gasteiger partial charge in [0.1, 0.15) is 16.6 Å². The van der Waals surface area contributed by atoms with Crippen molar-refractivity contribution in [3.05, 3.63) is 66.9 Å². The smallest absolute Gasteiger partial charge is 0.257 e. The number of hydrogen-bond acceptors (Lipinski definition) is 4. The van der Waals surface area contributed by atoms with Gasteiger partial charge in [-0.2, -0.15) is 5.26 Å². The topological polar surface area (TPSA) is 65.8 Å². The van der Waals surface area contributed by atoms with Crippen molar-refractivity contribution in [2.24, 2.45) is 0 Å². The lowest BCUT2D eigenvalue weighted by molar-refractivity contribution is -0.110. The zero-order chi connectivity index (χ0) is 19.1. The lowest BCUT2D eigenvalue weighted by Gasteiger charge is -2.03.